The summed E-state index contributed by atoms with van der Waals surface area (Å²) < 4.78 is 49.4. The molecule has 1 saturated heterocycles. The molecule has 5 heterocycles. The van der Waals surface area contributed by atoms with Crippen LogP contribution in [0.2, 0.25) is 0 Å². The number of nitrogens with one attached hydrogen (secondary N) is 1. The molecule has 4 aromatic heterocycles. The molecule has 11 nitrogen and oxygen atoms in total. The largest absolute Gasteiger partial charge is 0.478 e. The Bertz CT molecular complexity index is 1710. The number of piperidine rings is 1. The first-order chi connectivity index (χ1) is 19.8. The summed E-state index contributed by atoms with van der Waals surface area (Å²) in [7, 11) is 1.67. The van der Waals surface area contributed by atoms with Crippen LogP contribution in [0.25, 0.3) is 16.6 Å². The van der Waals surface area contributed by atoms with Crippen LogP contribution in [-0.2, 0) is 0 Å². The number of fused-ring (bicyclic) bond motifs is 2. The van der Waals surface area contributed by atoms with Crippen molar-refractivity contribution in [3.63, 3.8) is 0 Å². The molecule has 1 fully saturated rings. The molecule has 0 aliphatic carbocycles. The van der Waals surface area contributed by atoms with E-state index in [-0.39, 0.29) is 24.7 Å². The van der Waals surface area contributed by atoms with Crippen molar-refractivity contribution in [3.05, 3.63) is 60.9 Å². The van der Waals surface area contributed by atoms with Gasteiger partial charge in [0, 0.05) is 18.7 Å². The quantitative estimate of drug-likeness (QED) is 0.276. The van der Waals surface area contributed by atoms with Crippen LogP contribution in [0.5, 0.6) is 23.1 Å². The van der Waals surface area contributed by atoms with Gasteiger partial charge in [0.15, 0.2) is 17.5 Å². The summed E-state index contributed by atoms with van der Waals surface area (Å²) in [5.74, 6) is -1.24. The van der Waals surface area contributed by atoms with Gasteiger partial charge in [-0.05, 0) is 56.8 Å². The van der Waals surface area contributed by atoms with Gasteiger partial charge in [-0.25, -0.2) is 33.2 Å². The summed E-state index contributed by atoms with van der Waals surface area (Å²) in [6.07, 6.45) is 4.91. The Kier molecular flexibility index (Phi) is 6.95. The fraction of sp³-hybridized carbons (Fsp3) is 0.321. The predicted molar refractivity (Wildman–Crippen MR) is 148 cm³/mol. The number of halogens is 2. The number of hydrogen-bond acceptors (Lipinski definition) is 10. The van der Waals surface area contributed by atoms with Crippen LogP contribution in [-0.4, -0.2) is 73.2 Å². The second-order valence-corrected chi connectivity index (χ2v) is 9.84. The molecule has 5 aromatic rings. The van der Waals surface area contributed by atoms with Crippen molar-refractivity contribution < 1.29 is 23.0 Å². The third-order valence-corrected chi connectivity index (χ3v) is 6.78. The number of hydrogen-bond donors (Lipinski definition) is 1. The van der Waals surface area contributed by atoms with E-state index in [1.54, 1.807) is 29.6 Å². The van der Waals surface area contributed by atoms with E-state index in [9.17, 15) is 8.78 Å². The highest BCUT2D eigenvalue weighted by Crippen LogP contribution is 2.41. The van der Waals surface area contributed by atoms with E-state index in [4.69, 9.17) is 14.2 Å². The second-order valence-electron chi connectivity index (χ2n) is 9.84. The molecule has 0 radical (unpaired) electrons. The van der Waals surface area contributed by atoms with E-state index in [1.165, 1.54) is 18.9 Å². The third kappa shape index (κ3) is 5.40. The molecule has 13 heteroatoms. The minimum Gasteiger partial charge on any atom is -0.478 e. The van der Waals surface area contributed by atoms with Crippen molar-refractivity contribution in [1.29, 1.82) is 0 Å². The van der Waals surface area contributed by atoms with Crippen LogP contribution in [0.3, 0.4) is 0 Å². The molecular weight excluding hydrogens is 534 g/mol. The van der Waals surface area contributed by atoms with Crippen molar-refractivity contribution in [2.45, 2.75) is 32.3 Å². The Balaban J connectivity index is 1.32. The molecule has 1 aliphatic heterocycles. The fourth-order valence-corrected chi connectivity index (χ4v) is 4.79. The normalized spacial score (nSPS) is 17.0. The predicted octanol–water partition coefficient (Wildman–Crippen LogP) is 5.03. The number of benzene rings is 1. The van der Waals surface area contributed by atoms with Gasteiger partial charge in [0.2, 0.25) is 0 Å². The Labute approximate surface area is 234 Å². The maximum absolute atomic E-state index is 15.0. The number of pyridine rings is 2. The molecule has 6 rings (SSSR count). The van der Waals surface area contributed by atoms with E-state index in [0.717, 1.165) is 11.2 Å². The van der Waals surface area contributed by atoms with Gasteiger partial charge in [-0.2, -0.15) is 5.10 Å². The van der Waals surface area contributed by atoms with Gasteiger partial charge in [0.05, 0.1) is 36.4 Å². The van der Waals surface area contributed by atoms with E-state index in [2.05, 4.69) is 30.4 Å². The summed E-state index contributed by atoms with van der Waals surface area (Å²) >= 11 is 0. The van der Waals surface area contributed by atoms with Crippen LogP contribution in [0.4, 0.5) is 20.3 Å². The maximum Gasteiger partial charge on any atom is 0.296 e. The molecule has 0 unspecified atom stereocenters. The zero-order chi connectivity index (χ0) is 28.6. The Morgan fingerprint density at radius 2 is 1.98 bits per heavy atom. The smallest absolute Gasteiger partial charge is 0.296 e. The van der Waals surface area contributed by atoms with Gasteiger partial charge >= 0.3 is 0 Å². The van der Waals surface area contributed by atoms with E-state index >= 15 is 0 Å². The monoisotopic (exact) mass is 562 g/mol. The van der Waals surface area contributed by atoms with Crippen LogP contribution < -0.4 is 19.5 Å². The Morgan fingerprint density at radius 1 is 1.10 bits per heavy atom. The van der Waals surface area contributed by atoms with Crippen molar-refractivity contribution in [1.82, 2.24) is 34.4 Å². The van der Waals surface area contributed by atoms with Crippen molar-refractivity contribution >= 4 is 28.1 Å². The molecular formula is C28H28F2N8O3. The maximum atomic E-state index is 15.0. The number of ether oxygens (including phenoxy) is 3. The lowest BCUT2D eigenvalue weighted by Gasteiger charge is -2.36. The minimum atomic E-state index is -3.06. The minimum absolute atomic E-state index is 0.0851. The SMILES string of the molecule is CCOc1ncc2ncnc(Nc3ccc(Oc4ccc5ncnn5c4)c(C)c3)c2c1O[C@@H]1CCN(C)CC1(F)F. The number of aryl methyl sites for hydroxylation is 1. The number of nitrogens with zero attached hydrogens (tertiary/aromatic N) is 7. The zero-order valence-electron chi connectivity index (χ0n) is 22.7. The number of likely N-dealkylation sites (tertiary alicyclic amines) is 1. The molecule has 0 amide bonds. The lowest BCUT2D eigenvalue weighted by Crippen LogP contribution is -2.52. The van der Waals surface area contributed by atoms with Crippen LogP contribution in [0.15, 0.2) is 55.4 Å². The fourth-order valence-electron chi connectivity index (χ4n) is 4.79. The number of rotatable bonds is 8. The van der Waals surface area contributed by atoms with Crippen molar-refractivity contribution in [3.8, 4) is 23.1 Å². The Hall–Kier alpha value is -4.65. The topological polar surface area (TPSA) is 112 Å². The molecule has 1 N–H and O–H groups in total. The molecule has 1 aromatic carbocycles. The standard InChI is InChI=1S/C28H28F2N8O3/c1-4-39-27-25(41-22-9-10-37(3)14-28(22,29)30)24-20(12-31-27)32-15-34-26(24)36-18-5-7-21(17(2)11-18)40-19-6-8-23-33-16-35-38(23)13-19/h5-8,11-13,15-16,22H,4,9-10,14H2,1-3H3,(H,32,34,36)/t22-/m1/s1. The molecule has 41 heavy (non-hydrogen) atoms. The van der Waals surface area contributed by atoms with Gasteiger partial charge in [-0.3, -0.25) is 0 Å². The van der Waals surface area contributed by atoms with Gasteiger partial charge in [-0.1, -0.05) is 0 Å². The summed E-state index contributed by atoms with van der Waals surface area (Å²) in [5.41, 5.74) is 2.70. The lowest BCUT2D eigenvalue weighted by molar-refractivity contribution is -0.135. The summed E-state index contributed by atoms with van der Waals surface area (Å²) in [6.45, 7) is 4.06. The van der Waals surface area contributed by atoms with Crippen molar-refractivity contribution in [2.75, 3.05) is 32.1 Å². The highest BCUT2D eigenvalue weighted by Gasteiger charge is 2.46. The van der Waals surface area contributed by atoms with E-state index in [0.29, 0.717) is 40.5 Å². The number of aromatic nitrogens is 6. The van der Waals surface area contributed by atoms with Gasteiger partial charge in [0.1, 0.15) is 30.0 Å². The second kappa shape index (κ2) is 10.7. The van der Waals surface area contributed by atoms with Gasteiger partial charge in [-0.15, -0.1) is 0 Å². The first-order valence-electron chi connectivity index (χ1n) is 13.1. The molecule has 1 aliphatic rings. The first-order valence-corrected chi connectivity index (χ1v) is 13.1. The van der Waals surface area contributed by atoms with E-state index in [1.807, 2.05) is 37.3 Å². The highest BCUT2D eigenvalue weighted by molar-refractivity contribution is 5.96. The number of anilines is 2. The van der Waals surface area contributed by atoms with Crippen LogP contribution in [0, 0.1) is 6.92 Å². The van der Waals surface area contributed by atoms with Gasteiger partial charge < -0.3 is 24.4 Å². The zero-order valence-corrected chi connectivity index (χ0v) is 22.7. The summed E-state index contributed by atoms with van der Waals surface area (Å²) in [5, 5.41) is 7.83. The molecule has 0 saturated carbocycles. The van der Waals surface area contributed by atoms with E-state index < -0.39 is 18.6 Å². The van der Waals surface area contributed by atoms with Crippen molar-refractivity contribution in [2.24, 2.45) is 0 Å². The highest BCUT2D eigenvalue weighted by atomic mass is 19.3. The molecule has 212 valence electrons. The average molecular weight is 563 g/mol. The average Bonchev–Trinajstić information content (AvgIpc) is 3.41. The van der Waals surface area contributed by atoms with Crippen LogP contribution >= 0.6 is 0 Å². The first kappa shape index (κ1) is 26.6. The molecule has 0 spiro atoms. The Morgan fingerprint density at radius 3 is 2.78 bits per heavy atom. The van der Waals surface area contributed by atoms with Crippen LogP contribution in [0.1, 0.15) is 18.9 Å². The summed E-state index contributed by atoms with van der Waals surface area (Å²) in [4.78, 5) is 18.8. The molecule has 0 bridgehead atoms. The summed E-state index contributed by atoms with van der Waals surface area (Å²) in [6, 6.07) is 9.20. The third-order valence-electron chi connectivity index (χ3n) is 6.78. The number of alkyl halides is 2. The molecule has 1 atom stereocenters. The lowest BCUT2D eigenvalue weighted by atomic mass is 10.0. The van der Waals surface area contributed by atoms with Gasteiger partial charge in [0.25, 0.3) is 11.8 Å².